The van der Waals surface area contributed by atoms with Gasteiger partial charge in [0, 0.05) is 6.54 Å². The number of rotatable bonds is 6. The molecule has 1 heterocycles. The van der Waals surface area contributed by atoms with Crippen LogP contribution in [-0.2, 0) is 6.54 Å². The Hall–Kier alpha value is -3.66. The third-order valence-corrected chi connectivity index (χ3v) is 3.48. The number of aromatic nitrogens is 3. The van der Waals surface area contributed by atoms with Crippen LogP contribution < -0.4 is 15.4 Å². The molecule has 1 aromatic heterocycles. The molecule has 0 saturated carbocycles. The fraction of sp³-hybridized carbons (Fsp3) is 0.111. The van der Waals surface area contributed by atoms with Crippen molar-refractivity contribution in [3.63, 3.8) is 0 Å². The minimum absolute atomic E-state index is 0.398. The molecule has 7 nitrogen and oxygen atoms in total. The van der Waals surface area contributed by atoms with Crippen molar-refractivity contribution in [3.8, 4) is 11.8 Å². The summed E-state index contributed by atoms with van der Waals surface area (Å²) in [6.07, 6.45) is 1.51. The van der Waals surface area contributed by atoms with E-state index in [-0.39, 0.29) is 0 Å². The Balaban J connectivity index is 1.67. The van der Waals surface area contributed by atoms with E-state index >= 15 is 0 Å². The third-order valence-electron chi connectivity index (χ3n) is 3.48. The van der Waals surface area contributed by atoms with Crippen molar-refractivity contribution >= 4 is 17.5 Å². The zero-order valence-corrected chi connectivity index (χ0v) is 13.6. The van der Waals surface area contributed by atoms with Gasteiger partial charge in [-0.1, -0.05) is 24.3 Å². The van der Waals surface area contributed by atoms with Gasteiger partial charge in [-0.3, -0.25) is 0 Å². The second kappa shape index (κ2) is 7.75. The minimum atomic E-state index is 0.398. The van der Waals surface area contributed by atoms with E-state index in [1.165, 1.54) is 6.20 Å². The molecule has 7 heteroatoms. The molecule has 0 spiro atoms. The van der Waals surface area contributed by atoms with Crippen LogP contribution in [0.25, 0.3) is 0 Å². The average Bonchev–Trinajstić information content (AvgIpc) is 2.67. The van der Waals surface area contributed by atoms with E-state index in [1.54, 1.807) is 13.2 Å². The van der Waals surface area contributed by atoms with Gasteiger partial charge in [0.15, 0.2) is 5.82 Å². The Labute approximate surface area is 145 Å². The smallest absolute Gasteiger partial charge is 0.244 e. The van der Waals surface area contributed by atoms with Crippen molar-refractivity contribution in [2.45, 2.75) is 6.54 Å². The molecule has 3 rings (SSSR count). The SMILES string of the molecule is COc1ccc(CNc2nncc(Nc3ccccc3C#N)n2)cc1. The predicted molar refractivity (Wildman–Crippen MR) is 94.6 cm³/mol. The van der Waals surface area contributed by atoms with E-state index in [9.17, 15) is 0 Å². The van der Waals surface area contributed by atoms with Crippen molar-refractivity contribution < 1.29 is 4.74 Å². The first-order valence-corrected chi connectivity index (χ1v) is 7.61. The van der Waals surface area contributed by atoms with Crippen molar-refractivity contribution in [2.24, 2.45) is 0 Å². The van der Waals surface area contributed by atoms with Crippen molar-refractivity contribution in [1.82, 2.24) is 15.2 Å². The highest BCUT2D eigenvalue weighted by molar-refractivity contribution is 5.64. The fourth-order valence-corrected chi connectivity index (χ4v) is 2.19. The summed E-state index contributed by atoms with van der Waals surface area (Å²) < 4.78 is 5.14. The van der Waals surface area contributed by atoms with Gasteiger partial charge >= 0.3 is 0 Å². The lowest BCUT2D eigenvalue weighted by atomic mass is 10.2. The molecule has 0 bridgehead atoms. The summed E-state index contributed by atoms with van der Waals surface area (Å²) in [6.45, 7) is 0.559. The van der Waals surface area contributed by atoms with Crippen LogP contribution in [0.15, 0.2) is 54.7 Å². The molecule has 3 aromatic rings. The summed E-state index contributed by atoms with van der Waals surface area (Å²) in [5.74, 6) is 1.72. The number of nitrogens with zero attached hydrogens (tertiary/aromatic N) is 4. The first-order chi connectivity index (χ1) is 12.3. The third kappa shape index (κ3) is 4.20. The number of hydrogen-bond acceptors (Lipinski definition) is 7. The second-order valence-corrected chi connectivity index (χ2v) is 5.15. The lowest BCUT2D eigenvalue weighted by molar-refractivity contribution is 0.414. The Kier molecular flexibility index (Phi) is 5.02. The van der Waals surface area contributed by atoms with Gasteiger partial charge in [0.25, 0.3) is 0 Å². The summed E-state index contributed by atoms with van der Waals surface area (Å²) in [4.78, 5) is 4.36. The Morgan fingerprint density at radius 2 is 1.92 bits per heavy atom. The molecule has 0 radical (unpaired) electrons. The van der Waals surface area contributed by atoms with Gasteiger partial charge in [-0.25, -0.2) is 0 Å². The second-order valence-electron chi connectivity index (χ2n) is 5.15. The lowest BCUT2D eigenvalue weighted by Gasteiger charge is -2.09. The van der Waals surface area contributed by atoms with E-state index in [0.717, 1.165) is 11.3 Å². The van der Waals surface area contributed by atoms with Gasteiger partial charge in [0.2, 0.25) is 5.95 Å². The standard InChI is InChI=1S/C18H16N6O/c1-25-15-8-6-13(7-9-15)11-20-18-23-17(12-21-24-18)22-16-5-3-2-4-14(16)10-19/h2-9,12H,11H2,1H3,(H2,20,22,23,24). The molecular formula is C18H16N6O. The van der Waals surface area contributed by atoms with Crippen LogP contribution >= 0.6 is 0 Å². The molecule has 0 aliphatic rings. The fourth-order valence-electron chi connectivity index (χ4n) is 2.19. The molecular weight excluding hydrogens is 316 g/mol. The van der Waals surface area contributed by atoms with Crippen molar-refractivity contribution in [1.29, 1.82) is 5.26 Å². The summed E-state index contributed by atoms with van der Waals surface area (Å²) in [6, 6.07) is 17.1. The zero-order chi connectivity index (χ0) is 17.5. The van der Waals surface area contributed by atoms with Crippen molar-refractivity contribution in [2.75, 3.05) is 17.7 Å². The monoisotopic (exact) mass is 332 g/mol. The van der Waals surface area contributed by atoms with E-state index in [0.29, 0.717) is 29.6 Å². The molecule has 124 valence electrons. The van der Waals surface area contributed by atoms with E-state index in [2.05, 4.69) is 31.9 Å². The topological polar surface area (TPSA) is 95.8 Å². The highest BCUT2D eigenvalue weighted by Crippen LogP contribution is 2.19. The molecule has 25 heavy (non-hydrogen) atoms. The molecule has 0 fully saturated rings. The summed E-state index contributed by atoms with van der Waals surface area (Å²) in [5.41, 5.74) is 2.28. The van der Waals surface area contributed by atoms with Crippen LogP contribution in [0.3, 0.4) is 0 Å². The Morgan fingerprint density at radius 1 is 1.12 bits per heavy atom. The van der Waals surface area contributed by atoms with E-state index < -0.39 is 0 Å². The molecule has 0 unspecified atom stereocenters. The lowest BCUT2D eigenvalue weighted by Crippen LogP contribution is -2.06. The number of hydrogen-bond donors (Lipinski definition) is 2. The van der Waals surface area contributed by atoms with Crippen LogP contribution in [-0.4, -0.2) is 22.3 Å². The maximum atomic E-state index is 9.14. The van der Waals surface area contributed by atoms with Gasteiger partial charge < -0.3 is 15.4 Å². The van der Waals surface area contributed by atoms with Crippen LogP contribution in [0, 0.1) is 11.3 Å². The molecule has 2 aromatic carbocycles. The van der Waals surface area contributed by atoms with Crippen molar-refractivity contribution in [3.05, 3.63) is 65.9 Å². The quantitative estimate of drug-likeness (QED) is 0.716. The Bertz CT molecular complexity index is 889. The van der Waals surface area contributed by atoms with Crippen LogP contribution in [0.2, 0.25) is 0 Å². The van der Waals surface area contributed by atoms with Crippen LogP contribution in [0.1, 0.15) is 11.1 Å². The molecule has 0 atom stereocenters. The summed E-state index contributed by atoms with van der Waals surface area (Å²) >= 11 is 0. The number of benzene rings is 2. The van der Waals surface area contributed by atoms with E-state index in [4.69, 9.17) is 10.00 Å². The predicted octanol–water partition coefficient (Wildman–Crippen LogP) is 3.11. The molecule has 0 saturated heterocycles. The highest BCUT2D eigenvalue weighted by atomic mass is 16.5. The zero-order valence-electron chi connectivity index (χ0n) is 13.6. The number of nitrogens with one attached hydrogen (secondary N) is 2. The summed E-state index contributed by atoms with van der Waals surface area (Å²) in [5, 5.41) is 23.3. The molecule has 0 amide bonds. The highest BCUT2D eigenvalue weighted by Gasteiger charge is 2.05. The first kappa shape index (κ1) is 16.2. The number of para-hydroxylation sites is 1. The van der Waals surface area contributed by atoms with Gasteiger partial charge in [-0.2, -0.15) is 15.3 Å². The van der Waals surface area contributed by atoms with Gasteiger partial charge in [-0.05, 0) is 29.8 Å². The maximum absolute atomic E-state index is 9.14. The van der Waals surface area contributed by atoms with Gasteiger partial charge in [-0.15, -0.1) is 5.10 Å². The molecule has 2 N–H and O–H groups in total. The normalized spacial score (nSPS) is 9.92. The van der Waals surface area contributed by atoms with Crippen LogP contribution in [0.5, 0.6) is 5.75 Å². The van der Waals surface area contributed by atoms with Gasteiger partial charge in [0.05, 0.1) is 24.6 Å². The number of nitriles is 1. The van der Waals surface area contributed by atoms with Crippen LogP contribution in [0.4, 0.5) is 17.5 Å². The number of methoxy groups -OCH3 is 1. The Morgan fingerprint density at radius 3 is 2.68 bits per heavy atom. The van der Waals surface area contributed by atoms with E-state index in [1.807, 2.05) is 42.5 Å². The number of anilines is 3. The largest absolute Gasteiger partial charge is 0.497 e. The van der Waals surface area contributed by atoms with Gasteiger partial charge in [0.1, 0.15) is 11.8 Å². The minimum Gasteiger partial charge on any atom is -0.497 e. The molecule has 0 aliphatic heterocycles. The first-order valence-electron chi connectivity index (χ1n) is 7.61. The number of ether oxygens (including phenoxy) is 1. The maximum Gasteiger partial charge on any atom is 0.244 e. The average molecular weight is 332 g/mol. The molecule has 0 aliphatic carbocycles. The summed E-state index contributed by atoms with van der Waals surface area (Å²) in [7, 11) is 1.63.